The Morgan fingerprint density at radius 1 is 1.41 bits per heavy atom. The molecule has 0 aliphatic carbocycles. The summed E-state index contributed by atoms with van der Waals surface area (Å²) in [6.07, 6.45) is 1.73. The number of anilines is 1. The summed E-state index contributed by atoms with van der Waals surface area (Å²) in [6, 6.07) is 3.82. The van der Waals surface area contributed by atoms with Crippen LogP contribution in [0.25, 0.3) is 11.1 Å². The second kappa shape index (κ2) is 4.30. The summed E-state index contributed by atoms with van der Waals surface area (Å²) in [6.45, 7) is 1.95. The van der Waals surface area contributed by atoms with Crippen molar-refractivity contribution in [2.45, 2.75) is 6.92 Å². The number of aromatic nitrogens is 2. The van der Waals surface area contributed by atoms with E-state index >= 15 is 0 Å². The molecule has 2 N–H and O–H groups in total. The van der Waals surface area contributed by atoms with Gasteiger partial charge in [-0.3, -0.25) is 4.68 Å². The molecule has 2 rings (SSSR count). The minimum absolute atomic E-state index is 0.575. The van der Waals surface area contributed by atoms with Gasteiger partial charge < -0.3 is 10.5 Å². The molecule has 2 aromatic rings. The number of rotatable bonds is 2. The van der Waals surface area contributed by atoms with Gasteiger partial charge in [-0.1, -0.05) is 11.6 Å². The van der Waals surface area contributed by atoms with Crippen LogP contribution in [0, 0.1) is 6.92 Å². The van der Waals surface area contributed by atoms with Gasteiger partial charge in [-0.15, -0.1) is 0 Å². The molecule has 90 valence electrons. The van der Waals surface area contributed by atoms with E-state index in [-0.39, 0.29) is 0 Å². The average molecular weight is 252 g/mol. The molecule has 0 radical (unpaired) electrons. The summed E-state index contributed by atoms with van der Waals surface area (Å²) in [5.41, 5.74) is 8.72. The molecule has 0 saturated carbocycles. The number of nitrogens with two attached hydrogens (primary N) is 1. The molecule has 1 aromatic heterocycles. The van der Waals surface area contributed by atoms with Crippen molar-refractivity contribution >= 4 is 17.4 Å². The summed E-state index contributed by atoms with van der Waals surface area (Å²) < 4.78 is 6.85. The Kier molecular flexibility index (Phi) is 2.98. The molecule has 0 spiro atoms. The molecular formula is C12H14ClN3O. The summed E-state index contributed by atoms with van der Waals surface area (Å²) in [5.74, 6) is 1.31. The molecule has 0 aliphatic heterocycles. The van der Waals surface area contributed by atoms with Crippen LogP contribution in [0.3, 0.4) is 0 Å². The van der Waals surface area contributed by atoms with Crippen molar-refractivity contribution in [2.24, 2.45) is 7.05 Å². The summed E-state index contributed by atoms with van der Waals surface area (Å²) in [4.78, 5) is 0. The smallest absolute Gasteiger partial charge is 0.140 e. The van der Waals surface area contributed by atoms with Crippen LogP contribution >= 0.6 is 11.6 Å². The molecule has 0 unspecified atom stereocenters. The molecule has 0 fully saturated rings. The number of nitrogens with zero attached hydrogens (tertiary/aromatic N) is 2. The fourth-order valence-electron chi connectivity index (χ4n) is 1.81. The van der Waals surface area contributed by atoms with Crippen LogP contribution in [-0.2, 0) is 7.05 Å². The molecule has 4 nitrogen and oxygen atoms in total. The molecule has 5 heteroatoms. The zero-order valence-electron chi connectivity index (χ0n) is 9.99. The van der Waals surface area contributed by atoms with Crippen LogP contribution in [0.2, 0.25) is 5.02 Å². The number of benzene rings is 1. The van der Waals surface area contributed by atoms with Crippen molar-refractivity contribution in [2.75, 3.05) is 12.8 Å². The van der Waals surface area contributed by atoms with Crippen LogP contribution in [0.4, 0.5) is 5.82 Å². The van der Waals surface area contributed by atoms with Crippen molar-refractivity contribution in [3.8, 4) is 16.9 Å². The van der Waals surface area contributed by atoms with Crippen molar-refractivity contribution in [3.63, 3.8) is 0 Å². The van der Waals surface area contributed by atoms with Gasteiger partial charge in [0.2, 0.25) is 0 Å². The fourth-order valence-corrected chi connectivity index (χ4v) is 2.16. The third-order valence-electron chi connectivity index (χ3n) is 2.73. The standard InChI is InChI=1S/C12H14ClN3O/c1-7-4-8(5-10(13)11(7)17-3)9-6-15-16(2)12(9)14/h4-6H,14H2,1-3H3. The van der Waals surface area contributed by atoms with Gasteiger partial charge in [-0.2, -0.15) is 5.10 Å². The largest absolute Gasteiger partial charge is 0.495 e. The Morgan fingerprint density at radius 2 is 2.12 bits per heavy atom. The van der Waals surface area contributed by atoms with Gasteiger partial charge in [0.1, 0.15) is 11.6 Å². The van der Waals surface area contributed by atoms with Crippen LogP contribution in [0.15, 0.2) is 18.3 Å². The van der Waals surface area contributed by atoms with Gasteiger partial charge >= 0.3 is 0 Å². The Hall–Kier alpha value is -1.68. The van der Waals surface area contributed by atoms with Gasteiger partial charge in [-0.25, -0.2) is 0 Å². The molecule has 0 saturated heterocycles. The van der Waals surface area contributed by atoms with E-state index in [0.717, 1.165) is 16.7 Å². The average Bonchev–Trinajstić information content (AvgIpc) is 2.59. The van der Waals surface area contributed by atoms with Crippen LogP contribution in [0.5, 0.6) is 5.75 Å². The molecule has 0 amide bonds. The molecule has 0 aliphatic rings. The third-order valence-corrected chi connectivity index (χ3v) is 3.01. The lowest BCUT2D eigenvalue weighted by Gasteiger charge is -2.09. The first-order chi connectivity index (χ1) is 8.04. The summed E-state index contributed by atoms with van der Waals surface area (Å²) in [7, 11) is 3.41. The second-order valence-electron chi connectivity index (χ2n) is 3.88. The Morgan fingerprint density at radius 3 is 2.59 bits per heavy atom. The van der Waals surface area contributed by atoms with Gasteiger partial charge in [0.15, 0.2) is 0 Å². The maximum absolute atomic E-state index is 6.15. The maximum atomic E-state index is 6.15. The number of nitrogen functional groups attached to an aromatic ring is 1. The van der Waals surface area contributed by atoms with Gasteiger partial charge in [-0.05, 0) is 30.2 Å². The van der Waals surface area contributed by atoms with Crippen molar-refractivity contribution < 1.29 is 4.74 Å². The SMILES string of the molecule is COc1c(C)cc(-c2cnn(C)c2N)cc1Cl. The molecule has 0 atom stereocenters. The highest BCUT2D eigenvalue weighted by atomic mass is 35.5. The van der Waals surface area contributed by atoms with E-state index in [2.05, 4.69) is 5.10 Å². The van der Waals surface area contributed by atoms with Crippen molar-refractivity contribution in [3.05, 3.63) is 28.9 Å². The Bertz CT molecular complexity index is 540. The van der Waals surface area contributed by atoms with E-state index in [1.54, 1.807) is 25.0 Å². The number of methoxy groups -OCH3 is 1. The van der Waals surface area contributed by atoms with E-state index < -0.39 is 0 Å². The first kappa shape index (κ1) is 11.8. The van der Waals surface area contributed by atoms with E-state index in [0.29, 0.717) is 16.6 Å². The zero-order chi connectivity index (χ0) is 12.6. The van der Waals surface area contributed by atoms with E-state index in [1.807, 2.05) is 19.1 Å². The molecule has 0 bridgehead atoms. The van der Waals surface area contributed by atoms with Crippen LogP contribution in [0.1, 0.15) is 5.56 Å². The quantitative estimate of drug-likeness (QED) is 0.893. The van der Waals surface area contributed by atoms with Crippen molar-refractivity contribution in [1.29, 1.82) is 0 Å². The molecule has 17 heavy (non-hydrogen) atoms. The topological polar surface area (TPSA) is 53.1 Å². The highest BCUT2D eigenvalue weighted by molar-refractivity contribution is 6.32. The molecule has 1 heterocycles. The lowest BCUT2D eigenvalue weighted by molar-refractivity contribution is 0.412. The van der Waals surface area contributed by atoms with Gasteiger partial charge in [0.25, 0.3) is 0 Å². The number of hydrogen-bond donors (Lipinski definition) is 1. The monoisotopic (exact) mass is 251 g/mol. The Balaban J connectivity index is 2.58. The summed E-state index contributed by atoms with van der Waals surface area (Å²) >= 11 is 6.15. The predicted molar refractivity (Wildman–Crippen MR) is 69.4 cm³/mol. The van der Waals surface area contributed by atoms with E-state index in [4.69, 9.17) is 22.1 Å². The normalized spacial score (nSPS) is 10.6. The number of halogens is 1. The fraction of sp³-hybridized carbons (Fsp3) is 0.250. The number of hydrogen-bond acceptors (Lipinski definition) is 3. The first-order valence-electron chi connectivity index (χ1n) is 5.16. The minimum Gasteiger partial charge on any atom is -0.495 e. The van der Waals surface area contributed by atoms with Gasteiger partial charge in [0, 0.05) is 12.6 Å². The number of ether oxygens (including phenoxy) is 1. The van der Waals surface area contributed by atoms with E-state index in [9.17, 15) is 0 Å². The van der Waals surface area contributed by atoms with Crippen molar-refractivity contribution in [1.82, 2.24) is 9.78 Å². The predicted octanol–water partition coefficient (Wildman–Crippen LogP) is 2.64. The first-order valence-corrected chi connectivity index (χ1v) is 5.54. The number of aryl methyl sites for hydroxylation is 2. The molecular weight excluding hydrogens is 238 g/mol. The van der Waals surface area contributed by atoms with Gasteiger partial charge in [0.05, 0.1) is 18.3 Å². The maximum Gasteiger partial charge on any atom is 0.140 e. The van der Waals surface area contributed by atoms with Crippen LogP contribution in [-0.4, -0.2) is 16.9 Å². The lowest BCUT2D eigenvalue weighted by Crippen LogP contribution is -1.98. The highest BCUT2D eigenvalue weighted by Crippen LogP contribution is 2.35. The third kappa shape index (κ3) is 1.96. The molecule has 1 aromatic carbocycles. The second-order valence-corrected chi connectivity index (χ2v) is 4.28. The minimum atomic E-state index is 0.575. The lowest BCUT2D eigenvalue weighted by atomic mass is 10.1. The Labute approximate surface area is 105 Å². The van der Waals surface area contributed by atoms with E-state index in [1.165, 1.54) is 0 Å². The van der Waals surface area contributed by atoms with Crippen LogP contribution < -0.4 is 10.5 Å². The summed E-state index contributed by atoms with van der Waals surface area (Å²) in [5, 5.41) is 4.69. The zero-order valence-corrected chi connectivity index (χ0v) is 10.7. The highest BCUT2D eigenvalue weighted by Gasteiger charge is 2.12.